The summed E-state index contributed by atoms with van der Waals surface area (Å²) in [4.78, 5) is 4.45. The van der Waals surface area contributed by atoms with Crippen molar-refractivity contribution in [1.29, 1.82) is 0 Å². The molecule has 86 valence electrons. The van der Waals surface area contributed by atoms with Crippen molar-refractivity contribution < 1.29 is 0 Å². The molecule has 0 amide bonds. The van der Waals surface area contributed by atoms with Gasteiger partial charge in [-0.05, 0) is 11.1 Å². The Hall–Kier alpha value is -0.970. The van der Waals surface area contributed by atoms with Crippen molar-refractivity contribution in [1.82, 2.24) is 9.80 Å². The molecule has 1 aliphatic heterocycles. The molecule has 1 heterocycles. The zero-order valence-electron chi connectivity index (χ0n) is 9.47. The van der Waals surface area contributed by atoms with Crippen LogP contribution < -0.4 is 0 Å². The Kier molecular flexibility index (Phi) is 4.86. The summed E-state index contributed by atoms with van der Waals surface area (Å²) < 4.78 is 0. The molecule has 0 radical (unpaired) electrons. The molecule has 16 heavy (non-hydrogen) atoms. The van der Waals surface area contributed by atoms with Gasteiger partial charge in [0.25, 0.3) is 0 Å². The molecule has 2 rings (SSSR count). The maximum absolute atomic E-state index is 3.75. The van der Waals surface area contributed by atoms with Crippen molar-refractivity contribution in [2.45, 2.75) is 6.54 Å². The molecule has 0 unspecified atom stereocenters. The highest BCUT2D eigenvalue weighted by molar-refractivity contribution is 14.0. The summed E-state index contributed by atoms with van der Waals surface area (Å²) in [6.45, 7) is 5.69. The molecular weight excluding hydrogens is 311 g/mol. The second-order valence-electron chi connectivity index (χ2n) is 3.89. The number of hydrogen-bond acceptors (Lipinski definition) is 2. The molecule has 0 saturated carbocycles. The van der Waals surface area contributed by atoms with Gasteiger partial charge in [-0.1, -0.05) is 36.9 Å². The molecule has 2 nitrogen and oxygen atoms in total. The van der Waals surface area contributed by atoms with Gasteiger partial charge in [-0.15, -0.1) is 24.0 Å². The first-order chi connectivity index (χ1) is 7.28. The first-order valence-corrected chi connectivity index (χ1v) is 5.12. The fourth-order valence-corrected chi connectivity index (χ4v) is 1.69. The van der Waals surface area contributed by atoms with E-state index >= 15 is 0 Å². The minimum Gasteiger partial charge on any atom is -0.362 e. The fourth-order valence-electron chi connectivity index (χ4n) is 1.69. The Labute approximate surface area is 114 Å². The lowest BCUT2D eigenvalue weighted by Crippen LogP contribution is -2.21. The Morgan fingerprint density at radius 1 is 1.25 bits per heavy atom. The number of benzene rings is 1. The normalized spacial score (nSPS) is 13.8. The fraction of sp³-hybridized carbons (Fsp3) is 0.231. The van der Waals surface area contributed by atoms with Crippen LogP contribution in [0, 0.1) is 0 Å². The van der Waals surface area contributed by atoms with Crippen LogP contribution >= 0.6 is 24.0 Å². The summed E-state index contributed by atoms with van der Waals surface area (Å²) in [6.07, 6.45) is 6.09. The van der Waals surface area contributed by atoms with E-state index in [0.717, 1.165) is 13.2 Å². The van der Waals surface area contributed by atoms with Crippen molar-refractivity contribution in [3.05, 3.63) is 54.4 Å². The summed E-state index contributed by atoms with van der Waals surface area (Å²) in [6, 6.07) is 8.52. The predicted octanol–water partition coefficient (Wildman–Crippen LogP) is 3.12. The van der Waals surface area contributed by atoms with Gasteiger partial charge in [0, 0.05) is 26.0 Å². The van der Waals surface area contributed by atoms with Gasteiger partial charge in [-0.3, -0.25) is 0 Å². The summed E-state index contributed by atoms with van der Waals surface area (Å²) >= 11 is 0. The van der Waals surface area contributed by atoms with Crippen LogP contribution in [0.25, 0.3) is 6.08 Å². The average molecular weight is 328 g/mol. The van der Waals surface area contributed by atoms with E-state index in [9.17, 15) is 0 Å². The average Bonchev–Trinajstić information content (AvgIpc) is 2.65. The second kappa shape index (κ2) is 5.94. The van der Waals surface area contributed by atoms with Gasteiger partial charge >= 0.3 is 0 Å². The van der Waals surface area contributed by atoms with Crippen LogP contribution in [0.15, 0.2) is 43.2 Å². The second-order valence-corrected chi connectivity index (χ2v) is 3.89. The number of halogens is 1. The van der Waals surface area contributed by atoms with Crippen LogP contribution in [0.5, 0.6) is 0 Å². The molecular formula is C13H17IN2. The monoisotopic (exact) mass is 328 g/mol. The molecule has 0 bridgehead atoms. The van der Waals surface area contributed by atoms with E-state index in [1.807, 2.05) is 6.08 Å². The maximum atomic E-state index is 3.75. The maximum Gasteiger partial charge on any atom is 0.0894 e. The van der Waals surface area contributed by atoms with Gasteiger partial charge in [-0.2, -0.15) is 0 Å². The first-order valence-electron chi connectivity index (χ1n) is 5.12. The lowest BCUT2D eigenvalue weighted by atomic mass is 10.1. The lowest BCUT2D eigenvalue weighted by Gasteiger charge is -2.18. The first kappa shape index (κ1) is 13.1. The van der Waals surface area contributed by atoms with Gasteiger partial charge in [0.2, 0.25) is 0 Å². The summed E-state index contributed by atoms with van der Waals surface area (Å²) in [5.74, 6) is 0. The minimum atomic E-state index is 0. The SMILES string of the molecule is C=Cc1ccc(CN2C=CN(C)C2)cc1.I. The molecule has 0 aromatic heterocycles. The molecule has 0 saturated heterocycles. The predicted molar refractivity (Wildman–Crippen MR) is 79.3 cm³/mol. The Morgan fingerprint density at radius 2 is 1.94 bits per heavy atom. The van der Waals surface area contributed by atoms with Crippen LogP contribution in [-0.4, -0.2) is 23.5 Å². The standard InChI is InChI=1S/C13H16N2.HI/c1-3-12-4-6-13(7-5-12)10-15-9-8-14(2)11-15;/h3-9H,1,10-11H2,2H3;1H. The van der Waals surface area contributed by atoms with Crippen LogP contribution in [0.2, 0.25) is 0 Å². The molecule has 0 spiro atoms. The van der Waals surface area contributed by atoms with Crippen molar-refractivity contribution in [2.24, 2.45) is 0 Å². The molecule has 1 aliphatic rings. The highest BCUT2D eigenvalue weighted by atomic mass is 127. The van der Waals surface area contributed by atoms with Crippen LogP contribution in [0.1, 0.15) is 11.1 Å². The molecule has 0 fully saturated rings. The van der Waals surface area contributed by atoms with E-state index in [0.29, 0.717) is 0 Å². The zero-order chi connectivity index (χ0) is 10.7. The Balaban J connectivity index is 0.00000128. The molecule has 1 aromatic rings. The van der Waals surface area contributed by atoms with Gasteiger partial charge in [-0.25, -0.2) is 0 Å². The summed E-state index contributed by atoms with van der Waals surface area (Å²) in [5, 5.41) is 0. The molecule has 0 aliphatic carbocycles. The quantitative estimate of drug-likeness (QED) is 0.787. The van der Waals surface area contributed by atoms with Gasteiger partial charge in [0.1, 0.15) is 0 Å². The van der Waals surface area contributed by atoms with E-state index in [4.69, 9.17) is 0 Å². The van der Waals surface area contributed by atoms with Crippen LogP contribution in [0.3, 0.4) is 0 Å². The van der Waals surface area contributed by atoms with Gasteiger partial charge < -0.3 is 9.80 Å². The van der Waals surface area contributed by atoms with E-state index in [1.165, 1.54) is 11.1 Å². The van der Waals surface area contributed by atoms with Gasteiger partial charge in [0.05, 0.1) is 6.67 Å². The van der Waals surface area contributed by atoms with E-state index < -0.39 is 0 Å². The van der Waals surface area contributed by atoms with Crippen LogP contribution in [-0.2, 0) is 6.54 Å². The van der Waals surface area contributed by atoms with Crippen molar-refractivity contribution in [3.8, 4) is 0 Å². The number of rotatable bonds is 3. The van der Waals surface area contributed by atoms with Crippen molar-refractivity contribution >= 4 is 30.1 Å². The van der Waals surface area contributed by atoms with Crippen LogP contribution in [0.4, 0.5) is 0 Å². The van der Waals surface area contributed by atoms with E-state index in [1.54, 1.807) is 0 Å². The smallest absolute Gasteiger partial charge is 0.0894 e. The lowest BCUT2D eigenvalue weighted by molar-refractivity contribution is 0.291. The highest BCUT2D eigenvalue weighted by Crippen LogP contribution is 2.11. The molecule has 0 atom stereocenters. The zero-order valence-corrected chi connectivity index (χ0v) is 11.8. The minimum absolute atomic E-state index is 0. The Morgan fingerprint density at radius 3 is 2.44 bits per heavy atom. The highest BCUT2D eigenvalue weighted by Gasteiger charge is 2.07. The third kappa shape index (κ3) is 3.27. The topological polar surface area (TPSA) is 6.48 Å². The molecule has 1 aromatic carbocycles. The van der Waals surface area contributed by atoms with Crippen molar-refractivity contribution in [2.75, 3.05) is 13.7 Å². The molecule has 3 heteroatoms. The van der Waals surface area contributed by atoms with E-state index in [2.05, 4.69) is 60.1 Å². The van der Waals surface area contributed by atoms with Gasteiger partial charge in [0.15, 0.2) is 0 Å². The number of nitrogens with zero attached hydrogens (tertiary/aromatic N) is 2. The number of hydrogen-bond donors (Lipinski definition) is 0. The summed E-state index contributed by atoms with van der Waals surface area (Å²) in [7, 11) is 2.08. The summed E-state index contributed by atoms with van der Waals surface area (Å²) in [5.41, 5.74) is 2.51. The third-order valence-corrected chi connectivity index (χ3v) is 2.54. The molecule has 0 N–H and O–H groups in total. The third-order valence-electron chi connectivity index (χ3n) is 2.54. The Bertz CT molecular complexity index is 370. The largest absolute Gasteiger partial charge is 0.362 e. The van der Waals surface area contributed by atoms with Crippen molar-refractivity contribution in [3.63, 3.8) is 0 Å². The van der Waals surface area contributed by atoms with E-state index in [-0.39, 0.29) is 24.0 Å².